The molecule has 0 saturated heterocycles. The van der Waals surface area contributed by atoms with Crippen LogP contribution in [0.3, 0.4) is 0 Å². The molecule has 5 rings (SSSR count). The van der Waals surface area contributed by atoms with Crippen LogP contribution in [0.15, 0.2) is 48.9 Å². The summed E-state index contributed by atoms with van der Waals surface area (Å²) in [6, 6.07) is 10.8. The van der Waals surface area contributed by atoms with Crippen molar-refractivity contribution in [3.05, 3.63) is 77.5 Å². The molecule has 1 unspecified atom stereocenters. The number of fused-ring (bicyclic) bond motifs is 2. The topological polar surface area (TPSA) is 62.1 Å². The van der Waals surface area contributed by atoms with E-state index in [2.05, 4.69) is 38.9 Å². The van der Waals surface area contributed by atoms with Crippen molar-refractivity contribution in [2.24, 2.45) is 0 Å². The largest absolute Gasteiger partial charge is 0.348 e. The summed E-state index contributed by atoms with van der Waals surface area (Å²) in [5.41, 5.74) is 5.09. The molecule has 0 amide bonds. The van der Waals surface area contributed by atoms with Gasteiger partial charge < -0.3 is 9.88 Å². The third kappa shape index (κ3) is 2.28. The second-order valence-electron chi connectivity index (χ2n) is 6.52. The maximum atomic E-state index is 13.7. The van der Waals surface area contributed by atoms with Gasteiger partial charge in [-0.3, -0.25) is 0 Å². The number of imidazole rings is 1. The lowest BCUT2D eigenvalue weighted by molar-refractivity contribution is 0.565. The van der Waals surface area contributed by atoms with Crippen LogP contribution in [0.4, 0.5) is 10.2 Å². The van der Waals surface area contributed by atoms with Gasteiger partial charge in [0, 0.05) is 24.9 Å². The summed E-state index contributed by atoms with van der Waals surface area (Å²) in [5, 5.41) is 4.77. The van der Waals surface area contributed by atoms with Gasteiger partial charge in [-0.1, -0.05) is 12.1 Å². The quantitative estimate of drug-likeness (QED) is 0.566. The van der Waals surface area contributed by atoms with E-state index in [1.54, 1.807) is 12.4 Å². The lowest BCUT2D eigenvalue weighted by Gasteiger charge is -2.34. The fourth-order valence-corrected chi connectivity index (χ4v) is 3.69. The Morgan fingerprint density at radius 3 is 3.00 bits per heavy atom. The number of rotatable bonds is 2. The number of pyridine rings is 2. The minimum absolute atomic E-state index is 0.210. The van der Waals surface area contributed by atoms with Gasteiger partial charge in [-0.05, 0) is 36.8 Å². The number of hydrogen-bond donors (Lipinski definition) is 1. The highest BCUT2D eigenvalue weighted by atomic mass is 19.1. The van der Waals surface area contributed by atoms with Crippen molar-refractivity contribution in [3.63, 3.8) is 0 Å². The molecule has 26 heavy (non-hydrogen) atoms. The highest BCUT2D eigenvalue weighted by Gasteiger charge is 2.34. The molecule has 0 spiro atoms. The Labute approximate surface area is 149 Å². The smallest absolute Gasteiger partial charge is 0.214 e. The van der Waals surface area contributed by atoms with Crippen molar-refractivity contribution in [3.8, 4) is 0 Å². The molecule has 0 saturated carbocycles. The number of aromatic nitrogens is 5. The van der Waals surface area contributed by atoms with Gasteiger partial charge in [0.05, 0.1) is 23.2 Å². The van der Waals surface area contributed by atoms with Gasteiger partial charge in [-0.15, -0.1) is 0 Å². The zero-order valence-electron chi connectivity index (χ0n) is 14.2. The fraction of sp³-hybridized carbons (Fsp3) is 0.211. The lowest BCUT2D eigenvalue weighted by atomic mass is 9.99. The molecule has 0 aromatic carbocycles. The molecule has 0 bridgehead atoms. The molecule has 7 heteroatoms. The Morgan fingerprint density at radius 1 is 1.23 bits per heavy atom. The second kappa shape index (κ2) is 5.66. The zero-order chi connectivity index (χ0) is 17.7. The summed E-state index contributed by atoms with van der Waals surface area (Å²) in [6.45, 7) is 2.77. The van der Waals surface area contributed by atoms with E-state index >= 15 is 0 Å². The van der Waals surface area contributed by atoms with E-state index in [0.29, 0.717) is 12.4 Å². The Balaban J connectivity index is 1.69. The third-order valence-electron chi connectivity index (χ3n) is 4.93. The lowest BCUT2D eigenvalue weighted by Crippen LogP contribution is -2.37. The van der Waals surface area contributed by atoms with E-state index in [4.69, 9.17) is 5.10 Å². The van der Waals surface area contributed by atoms with Crippen molar-refractivity contribution in [2.45, 2.75) is 19.4 Å². The number of nitrogens with zero attached hydrogens (tertiary/aromatic N) is 5. The monoisotopic (exact) mass is 348 g/mol. The average Bonchev–Trinajstić information content (AvgIpc) is 3.28. The normalized spacial score (nSPS) is 16.8. The predicted molar refractivity (Wildman–Crippen MR) is 95.6 cm³/mol. The molecule has 6 nitrogen and oxygen atoms in total. The van der Waals surface area contributed by atoms with Crippen LogP contribution in [0.5, 0.6) is 0 Å². The Bertz CT molecular complexity index is 1100. The molecule has 130 valence electrons. The standard InChI is InChI=1S/C19H17FN6/c1-12-4-3-8-26-15(12)10-14(24-26)19-18-13(21-11-22-18)7-9-25(19)17-6-2-5-16(20)23-17/h2-6,8,10-11,19H,7,9H2,1H3,(H,21,22). The number of halogens is 1. The molecular weight excluding hydrogens is 331 g/mol. The third-order valence-corrected chi connectivity index (χ3v) is 4.93. The van der Waals surface area contributed by atoms with E-state index in [1.165, 1.54) is 6.07 Å². The van der Waals surface area contributed by atoms with Gasteiger partial charge in [0.1, 0.15) is 11.9 Å². The van der Waals surface area contributed by atoms with Crippen molar-refractivity contribution < 1.29 is 4.39 Å². The van der Waals surface area contributed by atoms with Crippen LogP contribution in [0.1, 0.15) is 28.7 Å². The van der Waals surface area contributed by atoms with Crippen LogP contribution in [0.25, 0.3) is 5.52 Å². The van der Waals surface area contributed by atoms with Gasteiger partial charge in [0.15, 0.2) is 0 Å². The zero-order valence-corrected chi connectivity index (χ0v) is 14.2. The van der Waals surface area contributed by atoms with E-state index in [0.717, 1.165) is 34.6 Å². The predicted octanol–water partition coefficient (Wildman–Crippen LogP) is 3.05. The van der Waals surface area contributed by atoms with Crippen LogP contribution >= 0.6 is 0 Å². The number of hydrogen-bond acceptors (Lipinski definition) is 4. The SMILES string of the molecule is Cc1cccn2nc(C3c4nc[nH]c4CCN3c3cccc(F)n3)cc12. The molecule has 1 atom stereocenters. The molecule has 4 aromatic heterocycles. The van der Waals surface area contributed by atoms with Crippen LogP contribution in [-0.4, -0.2) is 31.1 Å². The molecular formula is C19H17FN6. The van der Waals surface area contributed by atoms with E-state index in [-0.39, 0.29) is 6.04 Å². The first-order valence-electron chi connectivity index (χ1n) is 8.57. The van der Waals surface area contributed by atoms with Gasteiger partial charge in [-0.2, -0.15) is 9.49 Å². The molecule has 1 aliphatic heterocycles. The first-order chi connectivity index (χ1) is 12.7. The van der Waals surface area contributed by atoms with Crippen molar-refractivity contribution in [1.29, 1.82) is 0 Å². The fourth-order valence-electron chi connectivity index (χ4n) is 3.69. The van der Waals surface area contributed by atoms with Gasteiger partial charge >= 0.3 is 0 Å². The van der Waals surface area contributed by atoms with Gasteiger partial charge in [-0.25, -0.2) is 14.5 Å². The van der Waals surface area contributed by atoms with E-state index < -0.39 is 5.95 Å². The average molecular weight is 348 g/mol. The van der Waals surface area contributed by atoms with Crippen LogP contribution in [0, 0.1) is 12.9 Å². The number of aryl methyl sites for hydroxylation is 1. The summed E-state index contributed by atoms with van der Waals surface area (Å²) in [6.07, 6.45) is 4.45. The minimum atomic E-state index is -0.486. The maximum absolute atomic E-state index is 13.7. The van der Waals surface area contributed by atoms with Crippen molar-refractivity contribution >= 4 is 11.3 Å². The Hall–Kier alpha value is -3.22. The van der Waals surface area contributed by atoms with Crippen LogP contribution < -0.4 is 4.90 Å². The molecule has 0 aliphatic carbocycles. The number of H-pyrrole nitrogens is 1. The van der Waals surface area contributed by atoms with Crippen LogP contribution in [0.2, 0.25) is 0 Å². The maximum Gasteiger partial charge on any atom is 0.214 e. The van der Waals surface area contributed by atoms with Gasteiger partial charge in [0.25, 0.3) is 0 Å². The van der Waals surface area contributed by atoms with Crippen molar-refractivity contribution in [1.82, 2.24) is 24.6 Å². The number of anilines is 1. The van der Waals surface area contributed by atoms with Crippen LogP contribution in [-0.2, 0) is 6.42 Å². The first-order valence-corrected chi connectivity index (χ1v) is 8.57. The van der Waals surface area contributed by atoms with Gasteiger partial charge in [0.2, 0.25) is 5.95 Å². The Kier molecular flexibility index (Phi) is 3.28. The molecule has 0 fully saturated rings. The first kappa shape index (κ1) is 15.1. The minimum Gasteiger partial charge on any atom is -0.348 e. The molecule has 5 heterocycles. The molecule has 4 aromatic rings. The summed E-state index contributed by atoms with van der Waals surface area (Å²) in [5.74, 6) is 0.109. The molecule has 0 radical (unpaired) electrons. The second-order valence-corrected chi connectivity index (χ2v) is 6.52. The highest BCUT2D eigenvalue weighted by molar-refractivity contribution is 5.57. The molecule has 1 aliphatic rings. The van der Waals surface area contributed by atoms with E-state index in [9.17, 15) is 4.39 Å². The summed E-state index contributed by atoms with van der Waals surface area (Å²) >= 11 is 0. The van der Waals surface area contributed by atoms with E-state index in [1.807, 2.05) is 22.8 Å². The van der Waals surface area contributed by atoms with Crippen molar-refractivity contribution in [2.75, 3.05) is 11.4 Å². The summed E-state index contributed by atoms with van der Waals surface area (Å²) in [7, 11) is 0. The highest BCUT2D eigenvalue weighted by Crippen LogP contribution is 2.36. The molecule has 1 N–H and O–H groups in total. The summed E-state index contributed by atoms with van der Waals surface area (Å²) in [4.78, 5) is 13.9. The Morgan fingerprint density at radius 2 is 2.15 bits per heavy atom. The number of nitrogens with one attached hydrogen (secondary N) is 1. The number of aromatic amines is 1. The summed E-state index contributed by atoms with van der Waals surface area (Å²) < 4.78 is 15.6.